The number of nitrogens with one attached hydrogen (secondary N) is 1. The van der Waals surface area contributed by atoms with Crippen molar-refractivity contribution in [2.24, 2.45) is 7.05 Å². The third kappa shape index (κ3) is 5.24. The number of nitrogens with zero attached hydrogens (tertiary/aromatic N) is 2. The van der Waals surface area contributed by atoms with Crippen LogP contribution in [0.3, 0.4) is 0 Å². The molecule has 0 bridgehead atoms. The van der Waals surface area contributed by atoms with Crippen LogP contribution in [0.1, 0.15) is 69.4 Å². The van der Waals surface area contributed by atoms with Gasteiger partial charge in [-0.2, -0.15) is 5.10 Å². The quantitative estimate of drug-likeness (QED) is 0.451. The molecule has 0 spiro atoms. The summed E-state index contributed by atoms with van der Waals surface area (Å²) < 4.78 is 39.2. The number of carbonyl (C=O) groups is 2. The number of carbonyl (C=O) groups excluding carboxylic acids is 2. The van der Waals surface area contributed by atoms with Crippen LogP contribution in [0.15, 0.2) is 42.5 Å². The Labute approximate surface area is 196 Å². The fourth-order valence-electron chi connectivity index (χ4n) is 3.59. The number of rotatable bonds is 8. The predicted octanol–water partition coefficient (Wildman–Crippen LogP) is 5.30. The first-order chi connectivity index (χ1) is 16.2. The molecule has 0 aliphatic heterocycles. The van der Waals surface area contributed by atoms with Gasteiger partial charge in [-0.05, 0) is 61.2 Å². The van der Waals surface area contributed by atoms with Crippen LogP contribution < -0.4 is 10.1 Å². The molecule has 3 aromatic rings. The van der Waals surface area contributed by atoms with Crippen LogP contribution in [-0.4, -0.2) is 28.8 Å². The highest BCUT2D eigenvalue weighted by Gasteiger charge is 2.30. The fourth-order valence-corrected chi connectivity index (χ4v) is 3.59. The van der Waals surface area contributed by atoms with Gasteiger partial charge in [-0.1, -0.05) is 25.1 Å². The first-order valence-corrected chi connectivity index (χ1v) is 10.8. The number of aromatic nitrogens is 2. The van der Waals surface area contributed by atoms with E-state index in [0.29, 0.717) is 16.9 Å². The van der Waals surface area contributed by atoms with E-state index in [9.17, 15) is 18.4 Å². The average Bonchev–Trinajstić information content (AvgIpc) is 3.16. The maximum absolute atomic E-state index is 13.8. The van der Waals surface area contributed by atoms with E-state index in [1.807, 2.05) is 26.0 Å². The smallest absolute Gasteiger partial charge is 0.337 e. The molecule has 0 saturated carbocycles. The molecule has 1 heterocycles. The molecular weight excluding hydrogens is 444 g/mol. The van der Waals surface area contributed by atoms with Crippen molar-refractivity contribution in [3.8, 4) is 11.6 Å². The van der Waals surface area contributed by atoms with Gasteiger partial charge in [0.1, 0.15) is 17.0 Å². The standard InChI is InChI=1S/C25H27F2N3O4/c1-6-16-13-19(12-7-14(16)2)34-24-20(21(22(26)27)29-30(24)4)23(31)28-15(3)17-8-10-18(11-9-17)25(32)33-5/h7-13,15,22H,6H2,1-5H3,(H,28,31). The molecule has 180 valence electrons. The predicted molar refractivity (Wildman–Crippen MR) is 122 cm³/mol. The van der Waals surface area contributed by atoms with E-state index in [-0.39, 0.29) is 11.4 Å². The molecule has 0 saturated heterocycles. The monoisotopic (exact) mass is 471 g/mol. The molecule has 1 aromatic heterocycles. The maximum Gasteiger partial charge on any atom is 0.337 e. The van der Waals surface area contributed by atoms with E-state index in [2.05, 4.69) is 15.2 Å². The summed E-state index contributed by atoms with van der Waals surface area (Å²) in [4.78, 5) is 24.7. The highest BCUT2D eigenvalue weighted by Crippen LogP contribution is 2.33. The van der Waals surface area contributed by atoms with Crippen LogP contribution in [0.25, 0.3) is 0 Å². The lowest BCUT2D eigenvalue weighted by Crippen LogP contribution is -2.27. The van der Waals surface area contributed by atoms with Crippen molar-refractivity contribution in [1.29, 1.82) is 0 Å². The minimum Gasteiger partial charge on any atom is -0.465 e. The summed E-state index contributed by atoms with van der Waals surface area (Å²) in [5.41, 5.74) is 2.18. The highest BCUT2D eigenvalue weighted by molar-refractivity contribution is 5.98. The first kappa shape index (κ1) is 24.9. The van der Waals surface area contributed by atoms with Crippen molar-refractivity contribution < 1.29 is 27.8 Å². The van der Waals surface area contributed by atoms with E-state index in [0.717, 1.165) is 22.2 Å². The number of aryl methyl sites for hydroxylation is 3. The van der Waals surface area contributed by atoms with Gasteiger partial charge in [0.15, 0.2) is 0 Å². The van der Waals surface area contributed by atoms with E-state index in [4.69, 9.17) is 4.74 Å². The Balaban J connectivity index is 1.90. The number of methoxy groups -OCH3 is 1. The number of hydrogen-bond acceptors (Lipinski definition) is 5. The third-order valence-electron chi connectivity index (χ3n) is 5.55. The largest absolute Gasteiger partial charge is 0.465 e. The molecule has 0 aliphatic carbocycles. The van der Waals surface area contributed by atoms with Crippen molar-refractivity contribution in [3.05, 3.63) is 76.0 Å². The van der Waals surface area contributed by atoms with Crippen molar-refractivity contribution in [2.45, 2.75) is 39.7 Å². The fraction of sp³-hybridized carbons (Fsp3) is 0.320. The van der Waals surface area contributed by atoms with Gasteiger partial charge in [0.05, 0.1) is 18.7 Å². The van der Waals surface area contributed by atoms with Gasteiger partial charge >= 0.3 is 5.97 Å². The molecule has 0 fully saturated rings. The summed E-state index contributed by atoms with van der Waals surface area (Å²) in [7, 11) is 2.73. The summed E-state index contributed by atoms with van der Waals surface area (Å²) in [6.45, 7) is 5.68. The molecule has 2 aromatic carbocycles. The summed E-state index contributed by atoms with van der Waals surface area (Å²) >= 11 is 0. The Morgan fingerprint density at radius 2 is 1.82 bits per heavy atom. The number of benzene rings is 2. The van der Waals surface area contributed by atoms with Crippen molar-refractivity contribution in [2.75, 3.05) is 7.11 Å². The molecule has 7 nitrogen and oxygen atoms in total. The van der Waals surface area contributed by atoms with Crippen LogP contribution in [-0.2, 0) is 18.2 Å². The molecule has 1 atom stereocenters. The zero-order valence-corrected chi connectivity index (χ0v) is 19.7. The summed E-state index contributed by atoms with van der Waals surface area (Å²) in [6.07, 6.45) is -2.20. The maximum atomic E-state index is 13.8. The van der Waals surface area contributed by atoms with Gasteiger partial charge in [-0.3, -0.25) is 4.79 Å². The zero-order valence-electron chi connectivity index (χ0n) is 19.7. The second-order valence-corrected chi connectivity index (χ2v) is 7.84. The Morgan fingerprint density at radius 3 is 2.41 bits per heavy atom. The normalized spacial score (nSPS) is 11.9. The minimum atomic E-state index is -2.97. The van der Waals surface area contributed by atoms with Gasteiger partial charge < -0.3 is 14.8 Å². The molecule has 1 amide bonds. The SMILES string of the molecule is CCc1cc(Oc2c(C(=O)NC(C)c3ccc(C(=O)OC)cc3)c(C(F)F)nn2C)ccc1C. The van der Waals surface area contributed by atoms with Crippen molar-refractivity contribution >= 4 is 11.9 Å². The van der Waals surface area contributed by atoms with E-state index in [1.165, 1.54) is 14.2 Å². The van der Waals surface area contributed by atoms with Crippen molar-refractivity contribution in [1.82, 2.24) is 15.1 Å². The lowest BCUT2D eigenvalue weighted by atomic mass is 10.1. The van der Waals surface area contributed by atoms with Crippen molar-refractivity contribution in [3.63, 3.8) is 0 Å². The number of alkyl halides is 2. The molecule has 9 heteroatoms. The second kappa shape index (κ2) is 10.5. The van der Waals surface area contributed by atoms with E-state index >= 15 is 0 Å². The van der Waals surface area contributed by atoms with Gasteiger partial charge in [-0.25, -0.2) is 18.3 Å². The molecular formula is C25H27F2N3O4. The minimum absolute atomic E-state index is 0.0769. The van der Waals surface area contributed by atoms with E-state index in [1.54, 1.807) is 37.3 Å². The lowest BCUT2D eigenvalue weighted by Gasteiger charge is -2.16. The lowest BCUT2D eigenvalue weighted by molar-refractivity contribution is 0.0600. The van der Waals surface area contributed by atoms with Crippen LogP contribution in [0.2, 0.25) is 0 Å². The molecule has 0 aliphatic rings. The third-order valence-corrected chi connectivity index (χ3v) is 5.55. The van der Waals surface area contributed by atoms with Crippen LogP contribution in [0, 0.1) is 6.92 Å². The summed E-state index contributed by atoms with van der Waals surface area (Å²) in [6, 6.07) is 11.3. The number of halogens is 2. The number of hydrogen-bond donors (Lipinski definition) is 1. The number of ether oxygens (including phenoxy) is 2. The Kier molecular flexibility index (Phi) is 7.65. The Bertz CT molecular complexity index is 1190. The molecule has 3 rings (SSSR count). The topological polar surface area (TPSA) is 82.4 Å². The highest BCUT2D eigenvalue weighted by atomic mass is 19.3. The van der Waals surface area contributed by atoms with Gasteiger partial charge in [0, 0.05) is 7.05 Å². The number of esters is 1. The molecule has 1 N–H and O–H groups in total. The number of amides is 1. The Hall–Kier alpha value is -3.75. The van der Waals surface area contributed by atoms with E-state index < -0.39 is 30.0 Å². The van der Waals surface area contributed by atoms with Gasteiger partial charge in [0.2, 0.25) is 5.88 Å². The summed E-state index contributed by atoms with van der Waals surface area (Å²) in [5, 5.41) is 6.56. The van der Waals surface area contributed by atoms with Gasteiger partial charge in [0.25, 0.3) is 12.3 Å². The van der Waals surface area contributed by atoms with Crippen LogP contribution in [0.4, 0.5) is 8.78 Å². The Morgan fingerprint density at radius 1 is 1.15 bits per heavy atom. The molecule has 1 unspecified atom stereocenters. The molecule has 0 radical (unpaired) electrons. The van der Waals surface area contributed by atoms with Crippen LogP contribution >= 0.6 is 0 Å². The summed E-state index contributed by atoms with van der Waals surface area (Å²) in [5.74, 6) is -0.881. The molecule has 34 heavy (non-hydrogen) atoms. The van der Waals surface area contributed by atoms with Gasteiger partial charge in [-0.15, -0.1) is 0 Å². The zero-order chi connectivity index (χ0) is 25.0. The first-order valence-electron chi connectivity index (χ1n) is 10.8. The second-order valence-electron chi connectivity index (χ2n) is 7.84. The van der Waals surface area contributed by atoms with Crippen LogP contribution in [0.5, 0.6) is 11.6 Å². The average molecular weight is 472 g/mol.